The molecular formula is C21H21ClFN3O2. The first kappa shape index (κ1) is 18.7. The Morgan fingerprint density at radius 3 is 2.57 bits per heavy atom. The van der Waals surface area contributed by atoms with E-state index in [0.29, 0.717) is 21.6 Å². The zero-order chi connectivity index (χ0) is 19.7. The first-order valence-electron chi connectivity index (χ1n) is 9.48. The molecule has 1 amide bonds. The topological polar surface area (TPSA) is 66.9 Å². The first-order valence-corrected chi connectivity index (χ1v) is 9.86. The molecule has 1 saturated carbocycles. The van der Waals surface area contributed by atoms with Gasteiger partial charge in [0, 0.05) is 11.1 Å². The molecule has 5 nitrogen and oxygen atoms in total. The molecule has 4 rings (SSSR count). The Morgan fingerprint density at radius 2 is 1.86 bits per heavy atom. The van der Waals surface area contributed by atoms with Crippen LogP contribution in [-0.2, 0) is 4.79 Å². The number of amides is 1. The van der Waals surface area contributed by atoms with Crippen molar-refractivity contribution in [3.05, 3.63) is 69.4 Å². The molecule has 2 N–H and O–H groups in total. The van der Waals surface area contributed by atoms with E-state index in [2.05, 4.69) is 10.3 Å². The summed E-state index contributed by atoms with van der Waals surface area (Å²) < 4.78 is 14.9. The molecule has 146 valence electrons. The monoisotopic (exact) mass is 401 g/mol. The minimum absolute atomic E-state index is 0.0968. The molecule has 0 bridgehead atoms. The van der Waals surface area contributed by atoms with Gasteiger partial charge < -0.3 is 10.3 Å². The SMILES string of the molecule is O=C(NC1CCCCC1)C(c1ccc(F)cc1)n1c(=O)[nH]c2cc(Cl)ccc21. The van der Waals surface area contributed by atoms with Gasteiger partial charge in [-0.05, 0) is 48.7 Å². The van der Waals surface area contributed by atoms with Crippen LogP contribution in [0.2, 0.25) is 5.02 Å². The van der Waals surface area contributed by atoms with E-state index in [4.69, 9.17) is 11.6 Å². The van der Waals surface area contributed by atoms with Gasteiger partial charge in [-0.2, -0.15) is 0 Å². The smallest absolute Gasteiger partial charge is 0.327 e. The Balaban J connectivity index is 1.79. The van der Waals surface area contributed by atoms with E-state index in [1.807, 2.05) is 0 Å². The van der Waals surface area contributed by atoms with Crippen LogP contribution < -0.4 is 11.0 Å². The van der Waals surface area contributed by atoms with Crippen LogP contribution in [0.25, 0.3) is 11.0 Å². The molecule has 1 aromatic heterocycles. The molecule has 0 aliphatic heterocycles. The largest absolute Gasteiger partial charge is 0.351 e. The molecule has 1 aliphatic carbocycles. The second-order valence-corrected chi connectivity index (χ2v) is 7.70. The fourth-order valence-electron chi connectivity index (χ4n) is 3.95. The van der Waals surface area contributed by atoms with Gasteiger partial charge in [-0.25, -0.2) is 9.18 Å². The lowest BCUT2D eigenvalue weighted by atomic mass is 9.95. The minimum Gasteiger partial charge on any atom is -0.351 e. The Labute approximate surface area is 166 Å². The number of nitrogens with zero attached hydrogens (tertiary/aromatic N) is 1. The summed E-state index contributed by atoms with van der Waals surface area (Å²) in [6.45, 7) is 0. The number of imidazole rings is 1. The maximum atomic E-state index is 13.5. The predicted molar refractivity (Wildman–Crippen MR) is 107 cm³/mol. The molecular weight excluding hydrogens is 381 g/mol. The molecule has 0 radical (unpaired) electrons. The van der Waals surface area contributed by atoms with Crippen LogP contribution in [-0.4, -0.2) is 21.5 Å². The van der Waals surface area contributed by atoms with Crippen LogP contribution >= 0.6 is 11.6 Å². The van der Waals surface area contributed by atoms with E-state index in [9.17, 15) is 14.0 Å². The number of aromatic amines is 1. The second-order valence-electron chi connectivity index (χ2n) is 7.26. The van der Waals surface area contributed by atoms with Crippen molar-refractivity contribution in [2.24, 2.45) is 0 Å². The molecule has 3 aromatic rings. The molecule has 1 atom stereocenters. The van der Waals surface area contributed by atoms with E-state index in [1.54, 1.807) is 30.3 Å². The molecule has 2 aromatic carbocycles. The zero-order valence-electron chi connectivity index (χ0n) is 15.3. The summed E-state index contributed by atoms with van der Waals surface area (Å²) in [4.78, 5) is 28.7. The Morgan fingerprint density at radius 1 is 1.14 bits per heavy atom. The maximum Gasteiger partial charge on any atom is 0.327 e. The van der Waals surface area contributed by atoms with Crippen molar-refractivity contribution in [1.82, 2.24) is 14.9 Å². The van der Waals surface area contributed by atoms with Crippen molar-refractivity contribution in [2.75, 3.05) is 0 Å². The first-order chi connectivity index (χ1) is 13.5. The van der Waals surface area contributed by atoms with Gasteiger partial charge in [0.15, 0.2) is 0 Å². The van der Waals surface area contributed by atoms with Gasteiger partial charge in [-0.3, -0.25) is 9.36 Å². The second kappa shape index (κ2) is 7.80. The van der Waals surface area contributed by atoms with E-state index in [-0.39, 0.29) is 11.9 Å². The number of fused-ring (bicyclic) bond motifs is 1. The van der Waals surface area contributed by atoms with Crippen LogP contribution in [0.3, 0.4) is 0 Å². The average molecular weight is 402 g/mol. The third kappa shape index (κ3) is 3.69. The summed E-state index contributed by atoms with van der Waals surface area (Å²) in [5, 5.41) is 3.58. The molecule has 1 fully saturated rings. The number of halogens is 2. The molecule has 1 unspecified atom stereocenters. The fraction of sp³-hybridized carbons (Fsp3) is 0.333. The van der Waals surface area contributed by atoms with Crippen molar-refractivity contribution < 1.29 is 9.18 Å². The number of rotatable bonds is 4. The highest BCUT2D eigenvalue weighted by Gasteiger charge is 2.28. The number of nitrogens with one attached hydrogen (secondary N) is 2. The maximum absolute atomic E-state index is 13.5. The Kier molecular flexibility index (Phi) is 5.22. The lowest BCUT2D eigenvalue weighted by molar-refractivity contribution is -0.124. The van der Waals surface area contributed by atoms with Gasteiger partial charge >= 0.3 is 5.69 Å². The molecule has 0 saturated heterocycles. The number of carbonyl (C=O) groups is 1. The summed E-state index contributed by atoms with van der Waals surface area (Å²) in [5.74, 6) is -0.662. The molecule has 28 heavy (non-hydrogen) atoms. The quantitative estimate of drug-likeness (QED) is 0.689. The van der Waals surface area contributed by atoms with Gasteiger partial charge in [0.25, 0.3) is 0 Å². The van der Waals surface area contributed by atoms with Crippen LogP contribution in [0, 0.1) is 5.82 Å². The van der Waals surface area contributed by atoms with Crippen LogP contribution in [0.5, 0.6) is 0 Å². The highest BCUT2D eigenvalue weighted by Crippen LogP contribution is 2.25. The average Bonchev–Trinajstić information content (AvgIpc) is 2.99. The van der Waals surface area contributed by atoms with Crippen molar-refractivity contribution in [3.63, 3.8) is 0 Å². The normalized spacial score (nSPS) is 16.2. The molecule has 1 heterocycles. The van der Waals surface area contributed by atoms with Crippen molar-refractivity contribution in [1.29, 1.82) is 0 Å². The van der Waals surface area contributed by atoms with Gasteiger partial charge in [0.05, 0.1) is 11.0 Å². The number of hydrogen-bond donors (Lipinski definition) is 2. The van der Waals surface area contributed by atoms with E-state index in [0.717, 1.165) is 25.7 Å². The van der Waals surface area contributed by atoms with Crippen molar-refractivity contribution in [2.45, 2.75) is 44.2 Å². The van der Waals surface area contributed by atoms with Crippen LogP contribution in [0.4, 0.5) is 4.39 Å². The summed E-state index contributed by atoms with van der Waals surface area (Å²) in [7, 11) is 0. The third-order valence-electron chi connectivity index (χ3n) is 5.32. The molecule has 0 spiro atoms. The lowest BCUT2D eigenvalue weighted by Crippen LogP contribution is -2.43. The van der Waals surface area contributed by atoms with Gasteiger partial charge in [-0.15, -0.1) is 0 Å². The van der Waals surface area contributed by atoms with Crippen molar-refractivity contribution in [3.8, 4) is 0 Å². The van der Waals surface area contributed by atoms with E-state index >= 15 is 0 Å². The lowest BCUT2D eigenvalue weighted by Gasteiger charge is -2.26. The van der Waals surface area contributed by atoms with E-state index < -0.39 is 17.5 Å². The highest BCUT2D eigenvalue weighted by atomic mass is 35.5. The fourth-order valence-corrected chi connectivity index (χ4v) is 4.12. The zero-order valence-corrected chi connectivity index (χ0v) is 16.0. The minimum atomic E-state index is -0.898. The summed E-state index contributed by atoms with van der Waals surface area (Å²) in [6, 6.07) is 9.91. The van der Waals surface area contributed by atoms with Crippen molar-refractivity contribution >= 4 is 28.5 Å². The van der Waals surface area contributed by atoms with Crippen LogP contribution in [0.1, 0.15) is 43.7 Å². The van der Waals surface area contributed by atoms with Crippen LogP contribution in [0.15, 0.2) is 47.3 Å². The van der Waals surface area contributed by atoms with Gasteiger partial charge in [-0.1, -0.05) is 43.0 Å². The number of aromatic nitrogens is 2. The Hall–Kier alpha value is -2.60. The number of hydrogen-bond acceptors (Lipinski definition) is 2. The Bertz CT molecular complexity index is 1050. The number of carbonyl (C=O) groups excluding carboxylic acids is 1. The number of benzene rings is 2. The molecule has 7 heteroatoms. The van der Waals surface area contributed by atoms with E-state index in [1.165, 1.54) is 23.1 Å². The highest BCUT2D eigenvalue weighted by molar-refractivity contribution is 6.31. The molecule has 1 aliphatic rings. The predicted octanol–water partition coefficient (Wildman–Crippen LogP) is 4.16. The number of H-pyrrole nitrogens is 1. The third-order valence-corrected chi connectivity index (χ3v) is 5.56. The summed E-state index contributed by atoms with van der Waals surface area (Å²) in [5.41, 5.74) is 1.26. The van der Waals surface area contributed by atoms with Gasteiger partial charge in [0.1, 0.15) is 11.9 Å². The standard InChI is InChI=1S/C21H21ClFN3O2/c22-14-8-11-18-17(12-14)25-21(28)26(18)19(13-6-9-15(23)10-7-13)20(27)24-16-4-2-1-3-5-16/h6-12,16,19H,1-5H2,(H,24,27)(H,25,28). The summed E-state index contributed by atoms with van der Waals surface area (Å²) >= 11 is 6.03. The van der Waals surface area contributed by atoms with Gasteiger partial charge in [0.2, 0.25) is 5.91 Å². The summed E-state index contributed by atoms with van der Waals surface area (Å²) in [6.07, 6.45) is 5.20.